The third-order valence-electron chi connectivity index (χ3n) is 4.51. The summed E-state index contributed by atoms with van der Waals surface area (Å²) < 4.78 is 22.9. The molecule has 1 aliphatic heterocycles. The van der Waals surface area contributed by atoms with Gasteiger partial charge in [0.1, 0.15) is 5.54 Å². The molecule has 7 heteroatoms. The van der Waals surface area contributed by atoms with E-state index in [2.05, 4.69) is 10.2 Å². The third kappa shape index (κ3) is 3.32. The average Bonchev–Trinajstić information content (AvgIpc) is 2.82. The number of hydrogen-bond donors (Lipinski definition) is 2. The van der Waals surface area contributed by atoms with Gasteiger partial charge in [0.05, 0.1) is 11.5 Å². The van der Waals surface area contributed by atoms with Crippen molar-refractivity contribution in [1.29, 1.82) is 0 Å². The molecule has 0 spiro atoms. The van der Waals surface area contributed by atoms with Crippen LogP contribution in [0, 0.1) is 0 Å². The normalized spacial score (nSPS) is 34.1. The molecule has 2 aliphatic rings. The van der Waals surface area contributed by atoms with E-state index >= 15 is 0 Å². The van der Waals surface area contributed by atoms with Gasteiger partial charge in [-0.15, -0.1) is 0 Å². The van der Waals surface area contributed by atoms with E-state index in [0.29, 0.717) is 32.5 Å². The summed E-state index contributed by atoms with van der Waals surface area (Å²) in [6.45, 7) is 3.80. The Bertz CT molecular complexity index is 451. The van der Waals surface area contributed by atoms with Gasteiger partial charge in [-0.3, -0.25) is 9.69 Å². The number of nitrogens with one attached hydrogen (secondary N) is 1. The van der Waals surface area contributed by atoms with Crippen molar-refractivity contribution in [2.24, 2.45) is 0 Å². The number of carboxylic acid groups (broad SMARTS) is 1. The van der Waals surface area contributed by atoms with Crippen molar-refractivity contribution in [2.75, 3.05) is 31.1 Å². The van der Waals surface area contributed by atoms with E-state index in [-0.39, 0.29) is 17.5 Å². The Morgan fingerprint density at radius 1 is 1.40 bits per heavy atom. The summed E-state index contributed by atoms with van der Waals surface area (Å²) in [4.78, 5) is 13.7. The number of aliphatic carboxylic acids is 1. The Hall–Kier alpha value is -0.660. The van der Waals surface area contributed by atoms with Crippen LogP contribution in [0.15, 0.2) is 0 Å². The molecule has 2 fully saturated rings. The van der Waals surface area contributed by atoms with Crippen LogP contribution >= 0.6 is 0 Å². The van der Waals surface area contributed by atoms with Crippen molar-refractivity contribution in [3.8, 4) is 0 Å². The lowest BCUT2D eigenvalue weighted by molar-refractivity contribution is -0.144. The van der Waals surface area contributed by atoms with Gasteiger partial charge in [-0.1, -0.05) is 6.92 Å². The molecule has 1 heterocycles. The molecule has 1 saturated heterocycles. The van der Waals surface area contributed by atoms with Crippen LogP contribution in [0.5, 0.6) is 0 Å². The highest BCUT2D eigenvalue weighted by Crippen LogP contribution is 2.34. The van der Waals surface area contributed by atoms with Crippen molar-refractivity contribution >= 4 is 15.8 Å². The zero-order valence-corrected chi connectivity index (χ0v) is 12.8. The summed E-state index contributed by atoms with van der Waals surface area (Å²) in [7, 11) is -2.88. The topological polar surface area (TPSA) is 86.7 Å². The Morgan fingerprint density at radius 3 is 2.60 bits per heavy atom. The van der Waals surface area contributed by atoms with Crippen LogP contribution in [0.2, 0.25) is 0 Å². The zero-order valence-electron chi connectivity index (χ0n) is 12.0. The molecular weight excluding hydrogens is 280 g/mol. The molecule has 2 rings (SSSR count). The summed E-state index contributed by atoms with van der Waals surface area (Å²) in [6.07, 6.45) is 2.92. The van der Waals surface area contributed by atoms with Gasteiger partial charge < -0.3 is 10.4 Å². The van der Waals surface area contributed by atoms with E-state index in [1.807, 2.05) is 6.92 Å². The maximum atomic E-state index is 11.6. The summed E-state index contributed by atoms with van der Waals surface area (Å²) in [6, 6.07) is 0.186. The monoisotopic (exact) mass is 304 g/mol. The van der Waals surface area contributed by atoms with Crippen molar-refractivity contribution in [3.05, 3.63) is 0 Å². The molecule has 0 aromatic heterocycles. The minimum Gasteiger partial charge on any atom is -0.480 e. The Morgan fingerprint density at radius 2 is 2.05 bits per heavy atom. The van der Waals surface area contributed by atoms with E-state index < -0.39 is 21.3 Å². The molecule has 0 amide bonds. The maximum absolute atomic E-state index is 11.6. The van der Waals surface area contributed by atoms with Gasteiger partial charge in [-0.05, 0) is 32.2 Å². The molecule has 2 unspecified atom stereocenters. The predicted molar refractivity (Wildman–Crippen MR) is 76.5 cm³/mol. The van der Waals surface area contributed by atoms with Gasteiger partial charge in [-0.2, -0.15) is 0 Å². The fourth-order valence-electron chi connectivity index (χ4n) is 3.22. The van der Waals surface area contributed by atoms with Crippen molar-refractivity contribution in [2.45, 2.75) is 44.2 Å². The van der Waals surface area contributed by atoms with Crippen molar-refractivity contribution < 1.29 is 18.3 Å². The smallest absolute Gasteiger partial charge is 0.323 e. The van der Waals surface area contributed by atoms with Crippen LogP contribution < -0.4 is 5.32 Å². The fourth-order valence-corrected chi connectivity index (χ4v) is 4.45. The molecule has 1 saturated carbocycles. The molecule has 0 aromatic rings. The Labute approximate surface area is 120 Å². The molecular formula is C13H24N2O4S. The highest BCUT2D eigenvalue weighted by Gasteiger charge is 2.47. The number of sulfone groups is 1. The van der Waals surface area contributed by atoms with Crippen LogP contribution in [0.1, 0.15) is 32.6 Å². The van der Waals surface area contributed by atoms with E-state index in [0.717, 1.165) is 12.8 Å². The van der Waals surface area contributed by atoms with E-state index in [1.54, 1.807) is 0 Å². The van der Waals surface area contributed by atoms with Crippen LogP contribution in [0.25, 0.3) is 0 Å². The van der Waals surface area contributed by atoms with Crippen LogP contribution in [0.4, 0.5) is 0 Å². The predicted octanol–water partition coefficient (Wildman–Crippen LogP) is 0.0923. The van der Waals surface area contributed by atoms with Gasteiger partial charge >= 0.3 is 5.97 Å². The van der Waals surface area contributed by atoms with Gasteiger partial charge in [0.15, 0.2) is 9.84 Å². The quantitative estimate of drug-likeness (QED) is 0.749. The average molecular weight is 304 g/mol. The second kappa shape index (κ2) is 5.99. The molecule has 6 nitrogen and oxygen atoms in total. The SMILES string of the molecule is CCCNC1(C(=O)O)CCC(N2CCS(=O)(=O)CC2)C1. The lowest BCUT2D eigenvalue weighted by Crippen LogP contribution is -2.52. The van der Waals surface area contributed by atoms with Crippen LogP contribution in [-0.4, -0.2) is 67.1 Å². The molecule has 2 atom stereocenters. The number of hydrogen-bond acceptors (Lipinski definition) is 5. The van der Waals surface area contributed by atoms with Crippen LogP contribution in [-0.2, 0) is 14.6 Å². The van der Waals surface area contributed by atoms with Gasteiger partial charge in [0.25, 0.3) is 0 Å². The first-order valence-electron chi connectivity index (χ1n) is 7.31. The number of carbonyl (C=O) groups is 1. The van der Waals surface area contributed by atoms with Gasteiger partial charge in [-0.25, -0.2) is 8.42 Å². The largest absolute Gasteiger partial charge is 0.480 e. The summed E-state index contributed by atoms with van der Waals surface area (Å²) in [5.74, 6) is -0.379. The second-order valence-electron chi connectivity index (χ2n) is 5.90. The second-order valence-corrected chi connectivity index (χ2v) is 8.20. The van der Waals surface area contributed by atoms with Gasteiger partial charge in [0, 0.05) is 19.1 Å². The lowest BCUT2D eigenvalue weighted by Gasteiger charge is -2.33. The summed E-state index contributed by atoms with van der Waals surface area (Å²) >= 11 is 0. The standard InChI is InChI=1S/C13H24N2O4S/c1-2-5-14-13(12(16)17)4-3-11(10-13)15-6-8-20(18,19)9-7-15/h11,14H,2-10H2,1H3,(H,16,17). The van der Waals surface area contributed by atoms with E-state index in [9.17, 15) is 18.3 Å². The first kappa shape index (κ1) is 15.7. The number of nitrogens with zero attached hydrogens (tertiary/aromatic N) is 1. The molecule has 2 N–H and O–H groups in total. The van der Waals surface area contributed by atoms with E-state index in [1.165, 1.54) is 0 Å². The van der Waals surface area contributed by atoms with Crippen molar-refractivity contribution in [3.63, 3.8) is 0 Å². The lowest BCUT2D eigenvalue weighted by atomic mass is 9.97. The molecule has 20 heavy (non-hydrogen) atoms. The number of carboxylic acids is 1. The zero-order chi connectivity index (χ0) is 14.8. The molecule has 0 aromatic carbocycles. The summed E-state index contributed by atoms with van der Waals surface area (Å²) in [5, 5.41) is 12.7. The Kier molecular flexibility index (Phi) is 4.71. The molecule has 0 radical (unpaired) electrons. The van der Waals surface area contributed by atoms with Gasteiger partial charge in [0.2, 0.25) is 0 Å². The van der Waals surface area contributed by atoms with Crippen LogP contribution in [0.3, 0.4) is 0 Å². The Balaban J connectivity index is 1.98. The maximum Gasteiger partial charge on any atom is 0.323 e. The third-order valence-corrected chi connectivity index (χ3v) is 6.12. The minimum atomic E-state index is -2.88. The minimum absolute atomic E-state index is 0.186. The van der Waals surface area contributed by atoms with E-state index in [4.69, 9.17) is 0 Å². The molecule has 0 bridgehead atoms. The van der Waals surface area contributed by atoms with Crippen molar-refractivity contribution in [1.82, 2.24) is 10.2 Å². The summed E-state index contributed by atoms with van der Waals surface area (Å²) in [5.41, 5.74) is -0.822. The molecule has 1 aliphatic carbocycles. The molecule has 116 valence electrons. The first-order valence-corrected chi connectivity index (χ1v) is 9.13. The highest BCUT2D eigenvalue weighted by atomic mass is 32.2. The first-order chi connectivity index (χ1) is 9.38. The number of rotatable bonds is 5. The fraction of sp³-hybridized carbons (Fsp3) is 0.923. The highest BCUT2D eigenvalue weighted by molar-refractivity contribution is 7.91.